The SMILES string of the molecule is N#Cc1ccc(OP(Oc2ccccc2)Oc2ccccc2)cc1. The summed E-state index contributed by atoms with van der Waals surface area (Å²) in [4.78, 5) is 0. The van der Waals surface area contributed by atoms with Gasteiger partial charge in [-0.25, -0.2) is 0 Å². The van der Waals surface area contributed by atoms with Crippen molar-refractivity contribution >= 4 is 8.60 Å². The van der Waals surface area contributed by atoms with Crippen molar-refractivity contribution in [2.45, 2.75) is 0 Å². The minimum atomic E-state index is -1.69. The zero-order valence-electron chi connectivity index (χ0n) is 12.7. The first kappa shape index (κ1) is 15.9. The van der Waals surface area contributed by atoms with Crippen molar-refractivity contribution in [3.05, 3.63) is 90.5 Å². The smallest absolute Gasteiger partial charge is 0.409 e. The summed E-state index contributed by atoms with van der Waals surface area (Å²) in [6.45, 7) is 0. The molecule has 0 N–H and O–H groups in total. The van der Waals surface area contributed by atoms with Crippen molar-refractivity contribution in [3.63, 3.8) is 0 Å². The summed E-state index contributed by atoms with van der Waals surface area (Å²) in [6, 6.07) is 27.6. The summed E-state index contributed by atoms with van der Waals surface area (Å²) in [5, 5.41) is 8.86. The molecule has 0 amide bonds. The molecule has 0 aliphatic rings. The van der Waals surface area contributed by atoms with Crippen LogP contribution in [0.1, 0.15) is 5.56 Å². The van der Waals surface area contributed by atoms with Crippen LogP contribution < -0.4 is 13.6 Å². The van der Waals surface area contributed by atoms with Crippen LogP contribution in [0.5, 0.6) is 17.2 Å². The topological polar surface area (TPSA) is 51.5 Å². The Hall–Kier alpha value is -3.02. The number of nitriles is 1. The van der Waals surface area contributed by atoms with Crippen LogP contribution in [0.15, 0.2) is 84.9 Å². The summed E-state index contributed by atoms with van der Waals surface area (Å²) in [7, 11) is -1.69. The second-order valence-corrected chi connectivity index (χ2v) is 5.75. The van der Waals surface area contributed by atoms with Gasteiger partial charge < -0.3 is 13.6 Å². The van der Waals surface area contributed by atoms with Crippen LogP contribution in [-0.2, 0) is 0 Å². The van der Waals surface area contributed by atoms with Gasteiger partial charge in [-0.2, -0.15) is 5.26 Å². The first-order valence-corrected chi connectivity index (χ1v) is 8.37. The van der Waals surface area contributed by atoms with E-state index in [-0.39, 0.29) is 0 Å². The van der Waals surface area contributed by atoms with E-state index in [0.717, 1.165) is 0 Å². The highest BCUT2D eigenvalue weighted by Gasteiger charge is 2.19. The Morgan fingerprint density at radius 1 is 0.583 bits per heavy atom. The summed E-state index contributed by atoms with van der Waals surface area (Å²) in [5.74, 6) is 1.90. The average Bonchev–Trinajstić information content (AvgIpc) is 2.64. The lowest BCUT2D eigenvalue weighted by Gasteiger charge is -2.17. The molecule has 5 heteroatoms. The van der Waals surface area contributed by atoms with Gasteiger partial charge in [-0.1, -0.05) is 36.4 Å². The molecule has 118 valence electrons. The molecule has 0 atom stereocenters. The first-order chi connectivity index (χ1) is 11.8. The number of para-hydroxylation sites is 2. The molecular weight excluding hydrogens is 321 g/mol. The Balaban J connectivity index is 1.76. The van der Waals surface area contributed by atoms with Gasteiger partial charge in [0.25, 0.3) is 0 Å². The molecule has 0 unspecified atom stereocenters. The molecule has 0 spiro atoms. The molecule has 0 bridgehead atoms. The van der Waals surface area contributed by atoms with E-state index < -0.39 is 8.60 Å². The second-order valence-electron chi connectivity index (χ2n) is 4.76. The van der Waals surface area contributed by atoms with Crippen LogP contribution >= 0.6 is 8.60 Å². The van der Waals surface area contributed by atoms with Crippen LogP contribution in [0.3, 0.4) is 0 Å². The molecule has 4 nitrogen and oxygen atoms in total. The zero-order valence-corrected chi connectivity index (χ0v) is 13.6. The molecule has 24 heavy (non-hydrogen) atoms. The summed E-state index contributed by atoms with van der Waals surface area (Å²) in [6.07, 6.45) is 0. The maximum Gasteiger partial charge on any atom is 0.530 e. The number of nitrogens with zero attached hydrogens (tertiary/aromatic N) is 1. The van der Waals surface area contributed by atoms with E-state index in [1.807, 2.05) is 60.7 Å². The molecule has 3 aromatic carbocycles. The van der Waals surface area contributed by atoms with E-state index in [4.69, 9.17) is 18.8 Å². The standard InChI is InChI=1S/C19H14NO3P/c20-15-16-11-13-19(14-12-16)23-24(21-17-7-3-1-4-8-17)22-18-9-5-2-6-10-18/h1-14H. The molecule has 0 heterocycles. The largest absolute Gasteiger partial charge is 0.530 e. The van der Waals surface area contributed by atoms with Crippen molar-refractivity contribution in [2.75, 3.05) is 0 Å². The number of rotatable bonds is 6. The number of benzene rings is 3. The van der Waals surface area contributed by atoms with Crippen molar-refractivity contribution in [3.8, 4) is 23.3 Å². The summed E-state index contributed by atoms with van der Waals surface area (Å²) >= 11 is 0. The molecule has 0 saturated carbocycles. The van der Waals surface area contributed by atoms with Crippen molar-refractivity contribution in [1.82, 2.24) is 0 Å². The fourth-order valence-electron chi connectivity index (χ4n) is 1.87. The lowest BCUT2D eigenvalue weighted by atomic mass is 10.2. The fraction of sp³-hybridized carbons (Fsp3) is 0. The van der Waals surface area contributed by atoms with Crippen LogP contribution in [0, 0.1) is 11.3 Å². The predicted octanol–water partition coefficient (Wildman–Crippen LogP) is 5.32. The Morgan fingerprint density at radius 2 is 1.00 bits per heavy atom. The number of hydrogen-bond donors (Lipinski definition) is 0. The van der Waals surface area contributed by atoms with Gasteiger partial charge in [0.1, 0.15) is 17.2 Å². The predicted molar refractivity (Wildman–Crippen MR) is 92.8 cm³/mol. The van der Waals surface area contributed by atoms with Crippen LogP contribution in [0.25, 0.3) is 0 Å². The molecule has 0 saturated heterocycles. The van der Waals surface area contributed by atoms with E-state index in [0.29, 0.717) is 22.8 Å². The molecule has 3 aromatic rings. The Bertz CT molecular complexity index is 760. The van der Waals surface area contributed by atoms with Crippen molar-refractivity contribution in [1.29, 1.82) is 5.26 Å². The third-order valence-corrected chi connectivity index (χ3v) is 4.09. The van der Waals surface area contributed by atoms with Gasteiger partial charge in [0.15, 0.2) is 0 Å². The molecule has 0 aliphatic carbocycles. The maximum atomic E-state index is 8.86. The normalized spacial score (nSPS) is 10.0. The molecule has 0 aliphatic heterocycles. The van der Waals surface area contributed by atoms with Crippen LogP contribution in [-0.4, -0.2) is 0 Å². The maximum absolute atomic E-state index is 8.86. The second kappa shape index (κ2) is 8.01. The quantitative estimate of drug-likeness (QED) is 0.572. The van der Waals surface area contributed by atoms with Gasteiger partial charge in [-0.15, -0.1) is 0 Å². The van der Waals surface area contributed by atoms with Gasteiger partial charge >= 0.3 is 8.60 Å². The van der Waals surface area contributed by atoms with Gasteiger partial charge in [0.05, 0.1) is 11.6 Å². The molecule has 0 fully saturated rings. The Labute approximate surface area is 141 Å². The third kappa shape index (κ3) is 4.49. The van der Waals surface area contributed by atoms with Gasteiger partial charge in [0, 0.05) is 0 Å². The van der Waals surface area contributed by atoms with E-state index in [1.54, 1.807) is 24.3 Å². The van der Waals surface area contributed by atoms with Gasteiger partial charge in [-0.05, 0) is 48.5 Å². The lowest BCUT2D eigenvalue weighted by molar-refractivity contribution is 0.388. The molecule has 0 radical (unpaired) electrons. The zero-order chi connectivity index (χ0) is 16.6. The van der Waals surface area contributed by atoms with Crippen LogP contribution in [0.4, 0.5) is 0 Å². The van der Waals surface area contributed by atoms with E-state index in [1.165, 1.54) is 0 Å². The van der Waals surface area contributed by atoms with Crippen LogP contribution in [0.2, 0.25) is 0 Å². The van der Waals surface area contributed by atoms with E-state index >= 15 is 0 Å². The third-order valence-electron chi connectivity index (χ3n) is 3.01. The number of hydrogen-bond acceptors (Lipinski definition) is 4. The minimum absolute atomic E-state index is 0.569. The molecular formula is C19H14NO3P. The Kier molecular flexibility index (Phi) is 5.29. The highest BCUT2D eigenvalue weighted by Crippen LogP contribution is 2.42. The lowest BCUT2D eigenvalue weighted by Crippen LogP contribution is -2.02. The average molecular weight is 335 g/mol. The Morgan fingerprint density at radius 3 is 1.42 bits per heavy atom. The minimum Gasteiger partial charge on any atom is -0.409 e. The summed E-state index contributed by atoms with van der Waals surface area (Å²) < 4.78 is 17.5. The van der Waals surface area contributed by atoms with Crippen molar-refractivity contribution < 1.29 is 13.6 Å². The highest BCUT2D eigenvalue weighted by atomic mass is 31.2. The highest BCUT2D eigenvalue weighted by molar-refractivity contribution is 7.43. The van der Waals surface area contributed by atoms with Gasteiger partial charge in [0.2, 0.25) is 0 Å². The van der Waals surface area contributed by atoms with E-state index in [2.05, 4.69) is 6.07 Å². The molecule has 0 aromatic heterocycles. The summed E-state index contributed by atoms with van der Waals surface area (Å²) in [5.41, 5.74) is 0.569. The first-order valence-electron chi connectivity index (χ1n) is 7.28. The monoisotopic (exact) mass is 335 g/mol. The van der Waals surface area contributed by atoms with Crippen molar-refractivity contribution in [2.24, 2.45) is 0 Å². The molecule has 3 rings (SSSR count). The van der Waals surface area contributed by atoms with E-state index in [9.17, 15) is 0 Å². The fourth-order valence-corrected chi connectivity index (χ4v) is 2.86. The van der Waals surface area contributed by atoms with Gasteiger partial charge in [-0.3, -0.25) is 0 Å².